The highest BCUT2D eigenvalue weighted by Gasteiger charge is 2.36. The van der Waals surface area contributed by atoms with Crippen LogP contribution in [0.4, 0.5) is 0 Å². The lowest BCUT2D eigenvalue weighted by Crippen LogP contribution is -2.30. The number of aliphatic hydroxyl groups excluding tert-OH is 1. The Morgan fingerprint density at radius 3 is 2.21 bits per heavy atom. The molecular weight excluding hydrogens is 384 g/mol. The van der Waals surface area contributed by atoms with Crippen LogP contribution in [-0.4, -0.2) is 44.0 Å². The number of aliphatic carboxylic acids is 1. The third-order valence-corrected chi connectivity index (χ3v) is 7.95. The van der Waals surface area contributed by atoms with Gasteiger partial charge in [-0.25, -0.2) is 0 Å². The second kappa shape index (κ2) is 13.2. The minimum Gasteiger partial charge on any atom is -0.481 e. The van der Waals surface area contributed by atoms with Crippen molar-refractivity contribution in [1.82, 2.24) is 0 Å². The summed E-state index contributed by atoms with van der Waals surface area (Å²) in [7, 11) is 0. The summed E-state index contributed by atoms with van der Waals surface area (Å²) >= 11 is 1.86. The van der Waals surface area contributed by atoms with Crippen molar-refractivity contribution in [2.24, 2.45) is 11.3 Å². The van der Waals surface area contributed by atoms with Crippen molar-refractivity contribution in [2.75, 3.05) is 5.75 Å². The number of hydrogen-bond donors (Lipinski definition) is 3. The van der Waals surface area contributed by atoms with E-state index >= 15 is 0 Å². The Morgan fingerprint density at radius 2 is 1.55 bits per heavy atom. The monoisotopic (exact) mass is 430 g/mol. The minimum absolute atomic E-state index is 0.214. The van der Waals surface area contributed by atoms with Crippen LogP contribution < -0.4 is 0 Å². The predicted octanol–water partition coefficient (Wildman–Crippen LogP) is 6.03. The summed E-state index contributed by atoms with van der Waals surface area (Å²) in [6, 6.07) is 0. The van der Waals surface area contributed by atoms with E-state index in [4.69, 9.17) is 5.11 Å². The van der Waals surface area contributed by atoms with E-state index in [-0.39, 0.29) is 12.5 Å². The number of hydrogen-bond acceptors (Lipinski definition) is 4. The van der Waals surface area contributed by atoms with Crippen molar-refractivity contribution >= 4 is 17.7 Å². The molecule has 0 aromatic heterocycles. The van der Waals surface area contributed by atoms with Gasteiger partial charge in [0.15, 0.2) is 0 Å². The van der Waals surface area contributed by atoms with Crippen LogP contribution in [0.5, 0.6) is 0 Å². The third kappa shape index (κ3) is 12.9. The second-order valence-corrected chi connectivity index (χ2v) is 11.9. The largest absolute Gasteiger partial charge is 0.481 e. The molecule has 3 N–H and O–H groups in total. The number of carboxylic acid groups (broad SMARTS) is 1. The van der Waals surface area contributed by atoms with Gasteiger partial charge in [0.2, 0.25) is 0 Å². The van der Waals surface area contributed by atoms with Crippen molar-refractivity contribution in [3.05, 3.63) is 0 Å². The molecule has 0 aliphatic heterocycles. The summed E-state index contributed by atoms with van der Waals surface area (Å²) in [6.45, 7) is 8.81. The Morgan fingerprint density at radius 1 is 0.931 bits per heavy atom. The van der Waals surface area contributed by atoms with E-state index in [2.05, 4.69) is 20.8 Å². The molecule has 4 nitrogen and oxygen atoms in total. The van der Waals surface area contributed by atoms with Crippen LogP contribution in [0.2, 0.25) is 0 Å². The van der Waals surface area contributed by atoms with Gasteiger partial charge in [0.25, 0.3) is 0 Å². The highest BCUT2D eigenvalue weighted by Crippen LogP contribution is 2.40. The summed E-state index contributed by atoms with van der Waals surface area (Å²) < 4.78 is 0. The molecule has 172 valence electrons. The first-order chi connectivity index (χ1) is 13.5. The van der Waals surface area contributed by atoms with Gasteiger partial charge in [0, 0.05) is 17.4 Å². The number of unbranched alkanes of at least 4 members (excludes halogenated alkanes) is 5. The molecule has 1 rings (SSSR count). The molecule has 0 aromatic carbocycles. The van der Waals surface area contributed by atoms with E-state index in [0.29, 0.717) is 16.6 Å². The lowest BCUT2D eigenvalue weighted by molar-refractivity contribution is -0.137. The lowest BCUT2D eigenvalue weighted by Gasteiger charge is -2.28. The van der Waals surface area contributed by atoms with Gasteiger partial charge in [0.1, 0.15) is 0 Å². The maximum absolute atomic E-state index is 10.8. The van der Waals surface area contributed by atoms with Crippen LogP contribution in [0.3, 0.4) is 0 Å². The first kappa shape index (κ1) is 26.8. The van der Waals surface area contributed by atoms with Crippen LogP contribution in [-0.2, 0) is 4.79 Å². The number of carbonyl (C=O) groups is 1. The zero-order valence-corrected chi connectivity index (χ0v) is 20.1. The van der Waals surface area contributed by atoms with Crippen molar-refractivity contribution in [3.8, 4) is 0 Å². The first-order valence-electron chi connectivity index (χ1n) is 11.7. The fraction of sp³-hybridized carbons (Fsp3) is 0.958. The van der Waals surface area contributed by atoms with Gasteiger partial charge >= 0.3 is 5.97 Å². The molecule has 0 amide bonds. The van der Waals surface area contributed by atoms with Crippen molar-refractivity contribution in [3.63, 3.8) is 0 Å². The topological polar surface area (TPSA) is 77.8 Å². The van der Waals surface area contributed by atoms with Crippen LogP contribution in [0.25, 0.3) is 0 Å². The molecule has 1 aliphatic carbocycles. The SMILES string of the molecule is CC(C)(C)CCCCCC(C)(O)CSC1CCC(O)C1CCCCCCC(=O)O. The van der Waals surface area contributed by atoms with E-state index in [0.717, 1.165) is 63.5 Å². The van der Waals surface area contributed by atoms with E-state index < -0.39 is 11.6 Å². The third-order valence-electron chi connectivity index (χ3n) is 6.15. The normalized spacial score (nSPS) is 24.6. The highest BCUT2D eigenvalue weighted by atomic mass is 32.2. The Bertz CT molecular complexity index is 458. The molecule has 0 radical (unpaired) electrons. The minimum atomic E-state index is -0.714. The summed E-state index contributed by atoms with van der Waals surface area (Å²) in [6.07, 6.45) is 12.4. The Labute approximate surface area is 183 Å². The molecule has 5 heteroatoms. The number of rotatable bonds is 15. The summed E-state index contributed by atoms with van der Waals surface area (Å²) in [5.41, 5.74) is -0.228. The van der Waals surface area contributed by atoms with E-state index in [1.165, 1.54) is 19.3 Å². The van der Waals surface area contributed by atoms with Gasteiger partial charge in [-0.05, 0) is 56.8 Å². The van der Waals surface area contributed by atoms with E-state index in [1.54, 1.807) is 0 Å². The molecule has 0 heterocycles. The summed E-state index contributed by atoms with van der Waals surface area (Å²) in [5.74, 6) is 0.356. The molecule has 29 heavy (non-hydrogen) atoms. The molecule has 1 saturated carbocycles. The highest BCUT2D eigenvalue weighted by molar-refractivity contribution is 8.00. The molecule has 0 spiro atoms. The number of thioether (sulfide) groups is 1. The molecule has 0 saturated heterocycles. The molecule has 0 bridgehead atoms. The van der Waals surface area contributed by atoms with Gasteiger partial charge in [-0.15, -0.1) is 0 Å². The van der Waals surface area contributed by atoms with Gasteiger partial charge < -0.3 is 15.3 Å². The van der Waals surface area contributed by atoms with E-state index in [9.17, 15) is 15.0 Å². The average molecular weight is 431 g/mol. The smallest absolute Gasteiger partial charge is 0.303 e. The average Bonchev–Trinajstić information content (AvgIpc) is 2.94. The van der Waals surface area contributed by atoms with Crippen molar-refractivity contribution < 1.29 is 20.1 Å². The van der Waals surface area contributed by atoms with E-state index in [1.807, 2.05) is 18.7 Å². The van der Waals surface area contributed by atoms with Crippen LogP contribution in [0.1, 0.15) is 111 Å². The molecule has 1 aliphatic rings. The quantitative estimate of drug-likeness (QED) is 0.276. The fourth-order valence-corrected chi connectivity index (χ4v) is 5.89. The fourth-order valence-electron chi connectivity index (χ4n) is 4.30. The molecule has 4 atom stereocenters. The van der Waals surface area contributed by atoms with Crippen LogP contribution >= 0.6 is 11.8 Å². The Kier molecular flexibility index (Phi) is 12.2. The Hall–Kier alpha value is -0.260. The van der Waals surface area contributed by atoms with Gasteiger partial charge in [-0.1, -0.05) is 59.3 Å². The zero-order valence-electron chi connectivity index (χ0n) is 19.3. The van der Waals surface area contributed by atoms with Gasteiger partial charge in [-0.3, -0.25) is 4.79 Å². The molecular formula is C24H46O4S. The maximum Gasteiger partial charge on any atom is 0.303 e. The summed E-state index contributed by atoms with van der Waals surface area (Å²) in [5, 5.41) is 30.3. The number of aliphatic hydroxyl groups is 2. The van der Waals surface area contributed by atoms with Gasteiger partial charge in [0.05, 0.1) is 11.7 Å². The molecule has 0 aromatic rings. The first-order valence-corrected chi connectivity index (χ1v) is 12.8. The summed E-state index contributed by atoms with van der Waals surface area (Å²) in [4.78, 5) is 10.6. The lowest BCUT2D eigenvalue weighted by atomic mass is 9.89. The van der Waals surface area contributed by atoms with Crippen LogP contribution in [0.15, 0.2) is 0 Å². The van der Waals surface area contributed by atoms with Crippen molar-refractivity contribution in [2.45, 2.75) is 128 Å². The maximum atomic E-state index is 10.8. The predicted molar refractivity (Wildman–Crippen MR) is 123 cm³/mol. The van der Waals surface area contributed by atoms with Crippen LogP contribution in [0, 0.1) is 11.3 Å². The zero-order chi connectivity index (χ0) is 21.9. The standard InChI is InChI=1S/C24H46O4S/c1-23(2,3)16-10-7-11-17-24(4,28)18-29-21-15-14-20(25)19(21)12-8-5-6-9-13-22(26)27/h19-21,25,28H,5-18H2,1-4H3,(H,26,27). The molecule has 1 fully saturated rings. The Balaban J connectivity index is 2.24. The van der Waals surface area contributed by atoms with Gasteiger partial charge in [-0.2, -0.15) is 11.8 Å². The second-order valence-electron chi connectivity index (χ2n) is 10.6. The van der Waals surface area contributed by atoms with Crippen molar-refractivity contribution in [1.29, 1.82) is 0 Å². The number of carboxylic acids is 1. The molecule has 4 unspecified atom stereocenters.